The lowest BCUT2D eigenvalue weighted by atomic mass is 10.1. The second kappa shape index (κ2) is 6.47. The molecule has 0 aromatic heterocycles. The first kappa shape index (κ1) is 15.2. The number of nitrogens with zero attached hydrogens (tertiary/aromatic N) is 1. The molecule has 1 unspecified atom stereocenters. The SMILES string of the molecule is COc1ccc(OC)c(CCN2CCC(C(=O)O)C2=O)c1. The predicted molar refractivity (Wildman–Crippen MR) is 75.6 cm³/mol. The zero-order valence-corrected chi connectivity index (χ0v) is 12.2. The fourth-order valence-corrected chi connectivity index (χ4v) is 2.52. The average molecular weight is 293 g/mol. The van der Waals surface area contributed by atoms with E-state index in [2.05, 4.69) is 0 Å². The summed E-state index contributed by atoms with van der Waals surface area (Å²) >= 11 is 0. The Kier molecular flexibility index (Phi) is 4.67. The normalized spacial score (nSPS) is 17.9. The number of carboxylic acid groups (broad SMARTS) is 1. The molecule has 1 saturated heterocycles. The van der Waals surface area contributed by atoms with Gasteiger partial charge in [-0.3, -0.25) is 9.59 Å². The maximum absolute atomic E-state index is 11.9. The Labute approximate surface area is 123 Å². The van der Waals surface area contributed by atoms with Crippen molar-refractivity contribution in [2.24, 2.45) is 5.92 Å². The highest BCUT2D eigenvalue weighted by Gasteiger charge is 2.36. The number of carbonyl (C=O) groups excluding carboxylic acids is 1. The quantitative estimate of drug-likeness (QED) is 0.797. The first-order valence-corrected chi connectivity index (χ1v) is 6.79. The Morgan fingerprint density at radius 2 is 2.14 bits per heavy atom. The van der Waals surface area contributed by atoms with Gasteiger partial charge in [-0.1, -0.05) is 0 Å². The van der Waals surface area contributed by atoms with E-state index in [1.807, 2.05) is 18.2 Å². The van der Waals surface area contributed by atoms with Crippen LogP contribution in [-0.4, -0.2) is 49.2 Å². The Morgan fingerprint density at radius 3 is 2.71 bits per heavy atom. The van der Waals surface area contributed by atoms with Gasteiger partial charge >= 0.3 is 5.97 Å². The second-order valence-corrected chi connectivity index (χ2v) is 4.93. The van der Waals surface area contributed by atoms with E-state index in [4.69, 9.17) is 14.6 Å². The van der Waals surface area contributed by atoms with Crippen LogP contribution in [0.3, 0.4) is 0 Å². The third kappa shape index (κ3) is 3.26. The van der Waals surface area contributed by atoms with Crippen molar-refractivity contribution in [1.82, 2.24) is 4.90 Å². The number of aliphatic carboxylic acids is 1. The van der Waals surface area contributed by atoms with Gasteiger partial charge in [-0.05, 0) is 36.6 Å². The topological polar surface area (TPSA) is 76.1 Å². The van der Waals surface area contributed by atoms with Crippen LogP contribution in [0.25, 0.3) is 0 Å². The molecule has 21 heavy (non-hydrogen) atoms. The van der Waals surface area contributed by atoms with Gasteiger partial charge in [0, 0.05) is 13.1 Å². The lowest BCUT2D eigenvalue weighted by Crippen LogP contribution is -2.31. The Balaban J connectivity index is 2.03. The second-order valence-electron chi connectivity index (χ2n) is 4.93. The summed E-state index contributed by atoms with van der Waals surface area (Å²) < 4.78 is 10.5. The molecule has 114 valence electrons. The molecule has 1 amide bonds. The van der Waals surface area contributed by atoms with Gasteiger partial charge in [-0.25, -0.2) is 0 Å². The van der Waals surface area contributed by atoms with Gasteiger partial charge in [-0.2, -0.15) is 0 Å². The van der Waals surface area contributed by atoms with Crippen LogP contribution in [0.15, 0.2) is 18.2 Å². The van der Waals surface area contributed by atoms with Crippen molar-refractivity contribution >= 4 is 11.9 Å². The summed E-state index contributed by atoms with van der Waals surface area (Å²) in [4.78, 5) is 24.5. The zero-order chi connectivity index (χ0) is 15.4. The summed E-state index contributed by atoms with van der Waals surface area (Å²) in [5.41, 5.74) is 0.934. The van der Waals surface area contributed by atoms with Crippen molar-refractivity contribution in [3.63, 3.8) is 0 Å². The molecule has 1 aromatic rings. The molecule has 1 aliphatic heterocycles. The first-order valence-electron chi connectivity index (χ1n) is 6.79. The number of ether oxygens (including phenoxy) is 2. The molecule has 0 radical (unpaired) electrons. The minimum atomic E-state index is -1.04. The summed E-state index contributed by atoms with van der Waals surface area (Å²) in [7, 11) is 3.18. The van der Waals surface area contributed by atoms with Crippen LogP contribution in [0.4, 0.5) is 0 Å². The van der Waals surface area contributed by atoms with Crippen molar-refractivity contribution in [1.29, 1.82) is 0 Å². The van der Waals surface area contributed by atoms with Crippen molar-refractivity contribution < 1.29 is 24.2 Å². The predicted octanol–water partition coefficient (Wildman–Crippen LogP) is 1.18. The zero-order valence-electron chi connectivity index (χ0n) is 12.2. The third-order valence-electron chi connectivity index (χ3n) is 3.73. The number of methoxy groups -OCH3 is 2. The molecule has 1 N–H and O–H groups in total. The molecule has 2 rings (SSSR count). The molecule has 1 heterocycles. The number of rotatable bonds is 6. The number of benzene rings is 1. The summed E-state index contributed by atoms with van der Waals surface area (Å²) in [6.45, 7) is 0.966. The van der Waals surface area contributed by atoms with E-state index in [1.54, 1.807) is 19.1 Å². The van der Waals surface area contributed by atoms with Crippen LogP contribution >= 0.6 is 0 Å². The van der Waals surface area contributed by atoms with E-state index < -0.39 is 11.9 Å². The number of hydrogen-bond donors (Lipinski definition) is 1. The van der Waals surface area contributed by atoms with Crippen molar-refractivity contribution in [3.8, 4) is 11.5 Å². The molecule has 6 nitrogen and oxygen atoms in total. The van der Waals surface area contributed by atoms with E-state index in [1.165, 1.54) is 0 Å². The van der Waals surface area contributed by atoms with Gasteiger partial charge in [0.1, 0.15) is 17.4 Å². The number of likely N-dealkylation sites (tertiary alicyclic amines) is 1. The number of hydrogen-bond acceptors (Lipinski definition) is 4. The largest absolute Gasteiger partial charge is 0.497 e. The number of amides is 1. The highest BCUT2D eigenvalue weighted by Crippen LogP contribution is 2.25. The monoisotopic (exact) mass is 293 g/mol. The van der Waals surface area contributed by atoms with E-state index in [0.29, 0.717) is 25.9 Å². The Bertz CT molecular complexity index is 543. The van der Waals surface area contributed by atoms with Crippen LogP contribution in [0.5, 0.6) is 11.5 Å². The van der Waals surface area contributed by atoms with E-state index in [-0.39, 0.29) is 5.91 Å². The molecule has 6 heteroatoms. The van der Waals surface area contributed by atoms with Crippen LogP contribution in [0, 0.1) is 5.92 Å². The maximum atomic E-state index is 11.9. The molecule has 0 spiro atoms. The van der Waals surface area contributed by atoms with Crippen LogP contribution in [0.2, 0.25) is 0 Å². The fourth-order valence-electron chi connectivity index (χ4n) is 2.52. The van der Waals surface area contributed by atoms with Crippen molar-refractivity contribution in [2.75, 3.05) is 27.3 Å². The minimum Gasteiger partial charge on any atom is -0.497 e. The van der Waals surface area contributed by atoms with Gasteiger partial charge in [-0.15, -0.1) is 0 Å². The molecular weight excluding hydrogens is 274 g/mol. The third-order valence-corrected chi connectivity index (χ3v) is 3.73. The van der Waals surface area contributed by atoms with Gasteiger partial charge in [0.15, 0.2) is 0 Å². The van der Waals surface area contributed by atoms with E-state index in [9.17, 15) is 9.59 Å². The van der Waals surface area contributed by atoms with Crippen LogP contribution < -0.4 is 9.47 Å². The number of carboxylic acids is 1. The van der Waals surface area contributed by atoms with Gasteiger partial charge in [0.2, 0.25) is 5.91 Å². The molecule has 0 saturated carbocycles. The summed E-state index contributed by atoms with van der Waals surface area (Å²) in [6, 6.07) is 5.50. The summed E-state index contributed by atoms with van der Waals surface area (Å²) in [5.74, 6) is -0.776. The molecular formula is C15H19NO5. The average Bonchev–Trinajstić information content (AvgIpc) is 2.86. The molecule has 1 aliphatic rings. The van der Waals surface area contributed by atoms with Crippen LogP contribution in [-0.2, 0) is 16.0 Å². The Hall–Kier alpha value is -2.24. The Morgan fingerprint density at radius 1 is 1.38 bits per heavy atom. The maximum Gasteiger partial charge on any atom is 0.316 e. The molecule has 1 atom stereocenters. The molecule has 0 aliphatic carbocycles. The summed E-state index contributed by atoms with van der Waals surface area (Å²) in [5, 5.41) is 8.95. The summed E-state index contributed by atoms with van der Waals surface area (Å²) in [6.07, 6.45) is 0.974. The van der Waals surface area contributed by atoms with Gasteiger partial charge < -0.3 is 19.5 Å². The highest BCUT2D eigenvalue weighted by atomic mass is 16.5. The lowest BCUT2D eigenvalue weighted by Gasteiger charge is -2.17. The van der Waals surface area contributed by atoms with E-state index in [0.717, 1.165) is 17.1 Å². The highest BCUT2D eigenvalue weighted by molar-refractivity contribution is 5.98. The number of carbonyl (C=O) groups is 2. The standard InChI is InChI=1S/C15H19NO5/c1-20-11-3-4-13(21-2)10(9-11)5-7-16-8-6-12(14(16)17)15(18)19/h3-4,9,12H,5-8H2,1-2H3,(H,18,19). The van der Waals surface area contributed by atoms with Crippen molar-refractivity contribution in [3.05, 3.63) is 23.8 Å². The molecule has 0 bridgehead atoms. The first-order chi connectivity index (χ1) is 10.1. The fraction of sp³-hybridized carbons (Fsp3) is 0.467. The lowest BCUT2D eigenvalue weighted by molar-refractivity contribution is -0.147. The van der Waals surface area contributed by atoms with Gasteiger partial charge in [0.05, 0.1) is 14.2 Å². The smallest absolute Gasteiger partial charge is 0.316 e. The molecule has 1 fully saturated rings. The minimum absolute atomic E-state index is 0.302. The van der Waals surface area contributed by atoms with Crippen LogP contribution in [0.1, 0.15) is 12.0 Å². The van der Waals surface area contributed by atoms with Gasteiger partial charge in [0.25, 0.3) is 0 Å². The molecule has 1 aromatic carbocycles. The van der Waals surface area contributed by atoms with E-state index >= 15 is 0 Å². The van der Waals surface area contributed by atoms with Crippen molar-refractivity contribution in [2.45, 2.75) is 12.8 Å².